The Morgan fingerprint density at radius 2 is 2.20 bits per heavy atom. The molecule has 0 bridgehead atoms. The number of rotatable bonds is 4. The zero-order chi connectivity index (χ0) is 14.1. The molecule has 1 aromatic carbocycles. The minimum Gasteiger partial charge on any atom is -0.311 e. The minimum atomic E-state index is -0.335. The van der Waals surface area contributed by atoms with Gasteiger partial charge in [-0.2, -0.15) is 0 Å². The van der Waals surface area contributed by atoms with Crippen molar-refractivity contribution >= 4 is 11.6 Å². The quantitative estimate of drug-likeness (QED) is 0.915. The molecule has 3 rings (SSSR count). The van der Waals surface area contributed by atoms with Crippen molar-refractivity contribution < 1.29 is 4.39 Å². The lowest BCUT2D eigenvalue weighted by molar-refractivity contribution is 0.112. The van der Waals surface area contributed by atoms with Gasteiger partial charge in [0.25, 0.3) is 0 Å². The highest BCUT2D eigenvalue weighted by Crippen LogP contribution is 2.34. The van der Waals surface area contributed by atoms with Gasteiger partial charge in [0.05, 0.1) is 5.02 Å². The molecule has 2 fully saturated rings. The molecule has 20 heavy (non-hydrogen) atoms. The van der Waals surface area contributed by atoms with Gasteiger partial charge in [-0.15, -0.1) is 0 Å². The van der Waals surface area contributed by atoms with Crippen LogP contribution in [0.15, 0.2) is 18.2 Å². The van der Waals surface area contributed by atoms with Gasteiger partial charge in [0.1, 0.15) is 5.82 Å². The Labute approximate surface area is 125 Å². The molecule has 0 aromatic heterocycles. The molecule has 1 aliphatic heterocycles. The highest BCUT2D eigenvalue weighted by molar-refractivity contribution is 6.30. The van der Waals surface area contributed by atoms with Crippen LogP contribution in [-0.4, -0.2) is 30.1 Å². The summed E-state index contributed by atoms with van der Waals surface area (Å²) in [6.07, 6.45) is 3.87. The van der Waals surface area contributed by atoms with Crippen molar-refractivity contribution in [2.45, 2.75) is 44.8 Å². The fourth-order valence-corrected chi connectivity index (χ4v) is 3.37. The minimum absolute atomic E-state index is 0.226. The van der Waals surface area contributed by atoms with Crippen molar-refractivity contribution in [3.8, 4) is 0 Å². The van der Waals surface area contributed by atoms with Crippen LogP contribution in [0.3, 0.4) is 0 Å². The monoisotopic (exact) mass is 296 g/mol. The fourth-order valence-electron chi connectivity index (χ4n) is 3.17. The average Bonchev–Trinajstić information content (AvgIpc) is 3.27. The van der Waals surface area contributed by atoms with Gasteiger partial charge in [0.2, 0.25) is 0 Å². The molecule has 1 aliphatic carbocycles. The van der Waals surface area contributed by atoms with Crippen LogP contribution in [0.1, 0.15) is 31.7 Å². The molecular formula is C16H22ClFN2. The molecule has 2 unspecified atom stereocenters. The third-order valence-electron chi connectivity index (χ3n) is 4.60. The lowest BCUT2D eigenvalue weighted by Gasteiger charge is -2.40. The Bertz CT molecular complexity index is 476. The standard InChI is InChI=1S/C16H22ClFN2/c1-2-13-8-19-16(12-4-5-12)10-20(13)9-11-3-6-15(18)14(17)7-11/h3,6-7,12-13,16,19H,2,4-5,8-10H2,1H3. The van der Waals surface area contributed by atoms with E-state index in [1.807, 2.05) is 6.07 Å². The first kappa shape index (κ1) is 14.3. The van der Waals surface area contributed by atoms with Crippen molar-refractivity contribution in [3.05, 3.63) is 34.6 Å². The van der Waals surface area contributed by atoms with E-state index in [-0.39, 0.29) is 10.8 Å². The van der Waals surface area contributed by atoms with E-state index in [1.54, 1.807) is 6.07 Å². The molecule has 1 saturated heterocycles. The predicted molar refractivity (Wildman–Crippen MR) is 80.4 cm³/mol. The number of hydrogen-bond donors (Lipinski definition) is 1. The first-order chi connectivity index (χ1) is 9.67. The molecule has 1 N–H and O–H groups in total. The summed E-state index contributed by atoms with van der Waals surface area (Å²) in [5.41, 5.74) is 1.10. The molecule has 2 nitrogen and oxygen atoms in total. The van der Waals surface area contributed by atoms with Crippen LogP contribution >= 0.6 is 11.6 Å². The van der Waals surface area contributed by atoms with Gasteiger partial charge in [-0.1, -0.05) is 24.6 Å². The molecule has 0 spiro atoms. The summed E-state index contributed by atoms with van der Waals surface area (Å²) >= 11 is 5.89. The normalized spacial score (nSPS) is 27.8. The second-order valence-electron chi connectivity index (χ2n) is 6.09. The van der Waals surface area contributed by atoms with Crippen molar-refractivity contribution in [2.75, 3.05) is 13.1 Å². The highest BCUT2D eigenvalue weighted by atomic mass is 35.5. The van der Waals surface area contributed by atoms with Crippen LogP contribution < -0.4 is 5.32 Å². The first-order valence-electron chi connectivity index (χ1n) is 7.58. The Kier molecular flexibility index (Phi) is 4.29. The van der Waals surface area contributed by atoms with E-state index in [0.29, 0.717) is 12.1 Å². The summed E-state index contributed by atoms with van der Waals surface area (Å²) in [6.45, 7) is 5.25. The molecule has 1 aromatic rings. The van der Waals surface area contributed by atoms with Crippen molar-refractivity contribution in [2.24, 2.45) is 5.92 Å². The Hall–Kier alpha value is -0.640. The lowest BCUT2D eigenvalue weighted by Crippen LogP contribution is -2.56. The van der Waals surface area contributed by atoms with Gasteiger partial charge < -0.3 is 5.32 Å². The maximum absolute atomic E-state index is 13.2. The fraction of sp³-hybridized carbons (Fsp3) is 0.625. The topological polar surface area (TPSA) is 15.3 Å². The van der Waals surface area contributed by atoms with Crippen LogP contribution in [0, 0.1) is 11.7 Å². The number of nitrogens with one attached hydrogen (secondary N) is 1. The van der Waals surface area contributed by atoms with E-state index in [1.165, 1.54) is 18.9 Å². The molecule has 0 radical (unpaired) electrons. The van der Waals surface area contributed by atoms with Crippen molar-refractivity contribution in [3.63, 3.8) is 0 Å². The van der Waals surface area contributed by atoms with E-state index >= 15 is 0 Å². The van der Waals surface area contributed by atoms with Gasteiger partial charge in [-0.25, -0.2) is 4.39 Å². The summed E-state index contributed by atoms with van der Waals surface area (Å²) < 4.78 is 13.2. The third kappa shape index (κ3) is 3.16. The summed E-state index contributed by atoms with van der Waals surface area (Å²) in [4.78, 5) is 2.53. The van der Waals surface area contributed by atoms with Gasteiger partial charge in [0, 0.05) is 31.7 Å². The second kappa shape index (κ2) is 6.00. The Balaban J connectivity index is 1.69. The van der Waals surface area contributed by atoms with E-state index < -0.39 is 0 Å². The van der Waals surface area contributed by atoms with Crippen LogP contribution in [0.25, 0.3) is 0 Å². The van der Waals surface area contributed by atoms with Crippen molar-refractivity contribution in [1.29, 1.82) is 0 Å². The van der Waals surface area contributed by atoms with Crippen LogP contribution in [-0.2, 0) is 6.54 Å². The summed E-state index contributed by atoms with van der Waals surface area (Å²) in [5, 5.41) is 3.92. The van der Waals surface area contributed by atoms with Crippen LogP contribution in [0.2, 0.25) is 5.02 Å². The molecule has 2 aliphatic rings. The third-order valence-corrected chi connectivity index (χ3v) is 4.88. The Morgan fingerprint density at radius 1 is 1.40 bits per heavy atom. The molecular weight excluding hydrogens is 275 g/mol. The van der Waals surface area contributed by atoms with Gasteiger partial charge >= 0.3 is 0 Å². The smallest absolute Gasteiger partial charge is 0.141 e. The zero-order valence-electron chi connectivity index (χ0n) is 11.9. The van der Waals surface area contributed by atoms with Gasteiger partial charge in [-0.05, 0) is 42.9 Å². The molecule has 1 heterocycles. The lowest BCUT2D eigenvalue weighted by atomic mass is 10.0. The van der Waals surface area contributed by atoms with E-state index in [2.05, 4.69) is 17.1 Å². The molecule has 110 valence electrons. The largest absolute Gasteiger partial charge is 0.311 e. The molecule has 0 amide bonds. The maximum Gasteiger partial charge on any atom is 0.141 e. The SMILES string of the molecule is CCC1CNC(C2CC2)CN1Cc1ccc(F)c(Cl)c1. The Morgan fingerprint density at radius 3 is 2.85 bits per heavy atom. The predicted octanol–water partition coefficient (Wildman–Crippen LogP) is 3.44. The first-order valence-corrected chi connectivity index (χ1v) is 7.96. The number of halogens is 2. The number of piperazine rings is 1. The maximum atomic E-state index is 13.2. The average molecular weight is 297 g/mol. The second-order valence-corrected chi connectivity index (χ2v) is 6.50. The summed E-state index contributed by atoms with van der Waals surface area (Å²) in [6, 6.07) is 6.28. The van der Waals surface area contributed by atoms with E-state index in [9.17, 15) is 4.39 Å². The molecule has 2 atom stereocenters. The van der Waals surface area contributed by atoms with E-state index in [0.717, 1.165) is 37.5 Å². The van der Waals surface area contributed by atoms with Crippen molar-refractivity contribution in [1.82, 2.24) is 10.2 Å². The zero-order valence-corrected chi connectivity index (χ0v) is 12.7. The van der Waals surface area contributed by atoms with E-state index in [4.69, 9.17) is 11.6 Å². The number of nitrogens with zero attached hydrogens (tertiary/aromatic N) is 1. The van der Waals surface area contributed by atoms with Gasteiger partial charge in [0.15, 0.2) is 0 Å². The van der Waals surface area contributed by atoms with Crippen LogP contribution in [0.4, 0.5) is 4.39 Å². The molecule has 4 heteroatoms. The highest BCUT2D eigenvalue weighted by Gasteiger charge is 2.36. The molecule has 1 saturated carbocycles. The van der Waals surface area contributed by atoms with Gasteiger partial charge in [-0.3, -0.25) is 4.90 Å². The summed E-state index contributed by atoms with van der Waals surface area (Å²) in [5.74, 6) is 0.533. The number of benzene rings is 1. The summed E-state index contributed by atoms with van der Waals surface area (Å²) in [7, 11) is 0. The van der Waals surface area contributed by atoms with Crippen LogP contribution in [0.5, 0.6) is 0 Å². The number of hydrogen-bond acceptors (Lipinski definition) is 2.